The molecule has 3 heterocycles. The fourth-order valence-corrected chi connectivity index (χ4v) is 3.70. The van der Waals surface area contributed by atoms with Crippen LogP contribution in [0.4, 0.5) is 10.8 Å². The number of aromatic nitrogens is 3. The van der Waals surface area contributed by atoms with Gasteiger partial charge in [0.1, 0.15) is 17.6 Å². The maximum Gasteiger partial charge on any atom is 0.187 e. The van der Waals surface area contributed by atoms with Crippen molar-refractivity contribution in [1.29, 1.82) is 0 Å². The topological polar surface area (TPSA) is 59.3 Å². The van der Waals surface area contributed by atoms with Gasteiger partial charge in [-0.05, 0) is 30.7 Å². The summed E-state index contributed by atoms with van der Waals surface area (Å²) in [6.45, 7) is 1.97. The summed E-state index contributed by atoms with van der Waals surface area (Å²) in [4.78, 5) is 19.8. The van der Waals surface area contributed by atoms with E-state index in [-0.39, 0.29) is 0 Å². The Hall–Kier alpha value is -2.70. The lowest BCUT2D eigenvalue weighted by molar-refractivity contribution is -0.107. The van der Waals surface area contributed by atoms with E-state index in [0.29, 0.717) is 11.4 Å². The highest BCUT2D eigenvalue weighted by atomic mass is 35.5. The van der Waals surface area contributed by atoms with Crippen LogP contribution in [-0.4, -0.2) is 20.7 Å². The number of hydrogen-bond donors (Lipinski definition) is 1. The smallest absolute Gasteiger partial charge is 0.187 e. The summed E-state index contributed by atoms with van der Waals surface area (Å²) in [5.74, 6) is 0. The number of anilines is 2. The van der Waals surface area contributed by atoms with Gasteiger partial charge in [0, 0.05) is 34.8 Å². The number of pyridine rings is 1. The Kier molecular flexibility index (Phi) is 4.44. The van der Waals surface area contributed by atoms with Gasteiger partial charge in [-0.15, -0.1) is 11.3 Å². The average Bonchev–Trinajstić information content (AvgIpc) is 3.19. The van der Waals surface area contributed by atoms with Gasteiger partial charge in [-0.25, -0.2) is 9.97 Å². The fraction of sp³-hybridized carbons (Fsp3) is 0.105. The van der Waals surface area contributed by atoms with Gasteiger partial charge in [0.25, 0.3) is 0 Å². The number of benzene rings is 1. The summed E-state index contributed by atoms with van der Waals surface area (Å²) in [5.41, 5.74) is 5.46. The van der Waals surface area contributed by atoms with Gasteiger partial charge in [0.05, 0.1) is 11.4 Å². The van der Waals surface area contributed by atoms with Crippen LogP contribution in [0.25, 0.3) is 17.0 Å². The molecular weight excluding hydrogens is 368 g/mol. The molecule has 1 aromatic carbocycles. The second kappa shape index (κ2) is 6.90. The molecule has 5 nitrogen and oxygen atoms in total. The standard InChI is InChI=1S/C19H15ClN4OS/c1-12-18(24-8-6-14(20)10-17(24)21-12)16-11-26-19(23-16)22-15-4-2-13(3-5-15)7-9-25/h2-6,8-11H,7H2,1H3,(H,22,23). The minimum atomic E-state index is 0.430. The molecule has 26 heavy (non-hydrogen) atoms. The number of fused-ring (bicyclic) bond motifs is 1. The van der Waals surface area contributed by atoms with Gasteiger partial charge in [0.2, 0.25) is 0 Å². The molecule has 0 saturated carbocycles. The lowest BCUT2D eigenvalue weighted by atomic mass is 10.1. The van der Waals surface area contributed by atoms with Crippen molar-refractivity contribution in [3.63, 3.8) is 0 Å². The van der Waals surface area contributed by atoms with E-state index >= 15 is 0 Å². The number of imidazole rings is 1. The number of hydrogen-bond acceptors (Lipinski definition) is 5. The number of thiazole rings is 1. The Balaban J connectivity index is 1.62. The number of carbonyl (C=O) groups is 1. The first-order valence-electron chi connectivity index (χ1n) is 8.04. The third kappa shape index (κ3) is 3.21. The van der Waals surface area contributed by atoms with Crippen LogP contribution in [0.15, 0.2) is 48.0 Å². The van der Waals surface area contributed by atoms with Crippen LogP contribution in [0.2, 0.25) is 5.02 Å². The van der Waals surface area contributed by atoms with Gasteiger partial charge < -0.3 is 10.1 Å². The zero-order chi connectivity index (χ0) is 18.1. The Morgan fingerprint density at radius 1 is 1.23 bits per heavy atom. The third-order valence-electron chi connectivity index (χ3n) is 4.03. The van der Waals surface area contributed by atoms with Crippen molar-refractivity contribution in [3.8, 4) is 11.4 Å². The van der Waals surface area contributed by atoms with Crippen LogP contribution < -0.4 is 5.32 Å². The maximum atomic E-state index is 10.6. The van der Waals surface area contributed by atoms with Crippen LogP contribution in [0.1, 0.15) is 11.3 Å². The highest BCUT2D eigenvalue weighted by molar-refractivity contribution is 7.14. The number of aldehydes is 1. The number of rotatable bonds is 5. The van der Waals surface area contributed by atoms with Crippen LogP contribution in [0.5, 0.6) is 0 Å². The first-order chi connectivity index (χ1) is 12.6. The molecule has 0 saturated heterocycles. The first-order valence-corrected chi connectivity index (χ1v) is 9.29. The molecular formula is C19H15ClN4OS. The van der Waals surface area contributed by atoms with E-state index in [9.17, 15) is 4.79 Å². The van der Waals surface area contributed by atoms with Gasteiger partial charge >= 0.3 is 0 Å². The van der Waals surface area contributed by atoms with Crippen LogP contribution in [0.3, 0.4) is 0 Å². The molecule has 130 valence electrons. The van der Waals surface area contributed by atoms with Crippen molar-refractivity contribution < 1.29 is 4.79 Å². The second-order valence-corrected chi connectivity index (χ2v) is 7.14. The molecule has 0 bridgehead atoms. The predicted molar refractivity (Wildman–Crippen MR) is 106 cm³/mol. The summed E-state index contributed by atoms with van der Waals surface area (Å²) in [6.07, 6.45) is 3.24. The van der Waals surface area contributed by atoms with E-state index in [1.165, 1.54) is 11.3 Å². The molecule has 0 amide bonds. The second-order valence-electron chi connectivity index (χ2n) is 5.85. The monoisotopic (exact) mass is 382 g/mol. The molecule has 7 heteroatoms. The van der Waals surface area contributed by atoms with Gasteiger partial charge in [-0.3, -0.25) is 4.40 Å². The Morgan fingerprint density at radius 3 is 2.81 bits per heavy atom. The van der Waals surface area contributed by atoms with Gasteiger partial charge in [0.15, 0.2) is 5.13 Å². The number of nitrogens with zero attached hydrogens (tertiary/aromatic N) is 3. The normalized spacial score (nSPS) is 11.0. The van der Waals surface area contributed by atoms with E-state index in [0.717, 1.165) is 45.4 Å². The molecule has 0 radical (unpaired) electrons. The average molecular weight is 383 g/mol. The van der Waals surface area contributed by atoms with Crippen molar-refractivity contribution in [2.24, 2.45) is 0 Å². The Morgan fingerprint density at radius 2 is 2.04 bits per heavy atom. The van der Waals surface area contributed by atoms with Gasteiger partial charge in [-0.2, -0.15) is 0 Å². The van der Waals surface area contributed by atoms with E-state index < -0.39 is 0 Å². The van der Waals surface area contributed by atoms with E-state index in [4.69, 9.17) is 16.6 Å². The van der Waals surface area contributed by atoms with Crippen molar-refractivity contribution in [2.45, 2.75) is 13.3 Å². The minimum absolute atomic E-state index is 0.430. The summed E-state index contributed by atoms with van der Waals surface area (Å²) in [5, 5.41) is 6.77. The van der Waals surface area contributed by atoms with Crippen molar-refractivity contribution in [1.82, 2.24) is 14.4 Å². The fourth-order valence-electron chi connectivity index (χ4n) is 2.83. The predicted octanol–water partition coefficient (Wildman–Crippen LogP) is 4.90. The Labute approximate surface area is 159 Å². The number of halogens is 1. The minimum Gasteiger partial charge on any atom is -0.332 e. The maximum absolute atomic E-state index is 10.6. The molecule has 0 spiro atoms. The van der Waals surface area contributed by atoms with Gasteiger partial charge in [-0.1, -0.05) is 23.7 Å². The van der Waals surface area contributed by atoms with E-state index in [2.05, 4.69) is 10.3 Å². The van der Waals surface area contributed by atoms with Crippen molar-refractivity contribution in [3.05, 3.63) is 64.3 Å². The lowest BCUT2D eigenvalue weighted by Gasteiger charge is -2.03. The molecule has 3 aromatic heterocycles. The summed E-state index contributed by atoms with van der Waals surface area (Å²) >= 11 is 7.59. The summed E-state index contributed by atoms with van der Waals surface area (Å²) < 4.78 is 1.99. The van der Waals surface area contributed by atoms with E-state index in [1.54, 1.807) is 0 Å². The number of nitrogens with one attached hydrogen (secondary N) is 1. The first kappa shape index (κ1) is 16.8. The number of aryl methyl sites for hydroxylation is 1. The molecule has 0 aliphatic carbocycles. The van der Waals surface area contributed by atoms with Crippen molar-refractivity contribution >= 4 is 45.7 Å². The summed E-state index contributed by atoms with van der Waals surface area (Å²) in [7, 11) is 0. The van der Waals surface area contributed by atoms with Crippen LogP contribution >= 0.6 is 22.9 Å². The molecule has 4 rings (SSSR count). The quantitative estimate of drug-likeness (QED) is 0.498. The molecule has 0 aliphatic heterocycles. The molecule has 0 unspecified atom stereocenters. The third-order valence-corrected chi connectivity index (χ3v) is 5.03. The SMILES string of the molecule is Cc1nc2cc(Cl)ccn2c1-c1csc(Nc2ccc(CC=O)cc2)n1. The zero-order valence-electron chi connectivity index (χ0n) is 13.9. The van der Waals surface area contributed by atoms with E-state index in [1.807, 2.05) is 59.3 Å². The van der Waals surface area contributed by atoms with Crippen molar-refractivity contribution in [2.75, 3.05) is 5.32 Å². The highest BCUT2D eigenvalue weighted by Gasteiger charge is 2.14. The Bertz CT molecular complexity index is 1080. The molecule has 4 aromatic rings. The number of carbonyl (C=O) groups excluding carboxylic acids is 1. The zero-order valence-corrected chi connectivity index (χ0v) is 15.5. The molecule has 0 atom stereocenters. The molecule has 1 N–H and O–H groups in total. The van der Waals surface area contributed by atoms with Crippen LogP contribution in [0, 0.1) is 6.92 Å². The molecule has 0 aliphatic rings. The molecule has 0 fully saturated rings. The summed E-state index contributed by atoms with van der Waals surface area (Å²) in [6, 6.07) is 11.4. The largest absolute Gasteiger partial charge is 0.332 e. The van der Waals surface area contributed by atoms with Crippen LogP contribution in [-0.2, 0) is 11.2 Å². The lowest BCUT2D eigenvalue weighted by Crippen LogP contribution is -1.92. The highest BCUT2D eigenvalue weighted by Crippen LogP contribution is 2.30.